The fourth-order valence-electron chi connectivity index (χ4n) is 2.39. The normalized spacial score (nSPS) is 18.8. The molecule has 0 aliphatic carbocycles. The molecule has 1 atom stereocenters. The lowest BCUT2D eigenvalue weighted by molar-refractivity contribution is -0.389. The van der Waals surface area contributed by atoms with Gasteiger partial charge in [-0.3, -0.25) is 9.36 Å². The monoisotopic (exact) mass is 267 g/mol. The molecule has 1 aliphatic rings. The predicted molar refractivity (Wildman–Crippen MR) is 67.4 cm³/mol. The third-order valence-corrected chi connectivity index (χ3v) is 3.43. The molecule has 1 amide bonds. The number of nitro groups is 1. The molecule has 1 aliphatic heterocycles. The molecule has 1 unspecified atom stereocenters. The number of rotatable bonds is 4. The van der Waals surface area contributed by atoms with E-state index < -0.39 is 4.92 Å². The summed E-state index contributed by atoms with van der Waals surface area (Å²) in [5.41, 5.74) is 5.63. The van der Waals surface area contributed by atoms with Gasteiger partial charge in [-0.2, -0.15) is 0 Å². The first kappa shape index (κ1) is 13.5. The van der Waals surface area contributed by atoms with E-state index in [1.807, 2.05) is 0 Å². The van der Waals surface area contributed by atoms with Gasteiger partial charge in [0, 0.05) is 26.1 Å². The summed E-state index contributed by atoms with van der Waals surface area (Å²) in [5, 5.41) is 10.6. The van der Waals surface area contributed by atoms with Crippen molar-refractivity contribution < 1.29 is 9.72 Å². The smallest absolute Gasteiger partial charge is 0.358 e. The van der Waals surface area contributed by atoms with Crippen molar-refractivity contribution in [3.8, 4) is 0 Å². The number of carbonyl (C=O) groups excluding carboxylic acids is 1. The maximum absolute atomic E-state index is 12.2. The Hall–Kier alpha value is -1.96. The Bertz CT molecular complexity index is 499. The highest BCUT2D eigenvalue weighted by Gasteiger charge is 2.28. The summed E-state index contributed by atoms with van der Waals surface area (Å²) in [6.45, 7) is 2.87. The van der Waals surface area contributed by atoms with Gasteiger partial charge < -0.3 is 20.7 Å². The average Bonchev–Trinajstić information content (AvgIpc) is 2.96. The van der Waals surface area contributed by atoms with Gasteiger partial charge in [-0.05, 0) is 22.7 Å². The van der Waals surface area contributed by atoms with Gasteiger partial charge in [0.15, 0.2) is 0 Å². The number of nitrogens with zero attached hydrogens (tertiary/aromatic N) is 4. The molecule has 1 saturated heterocycles. The molecule has 2 heterocycles. The molecule has 0 spiro atoms. The minimum atomic E-state index is -0.563. The number of nitrogens with two attached hydrogens (primary N) is 1. The van der Waals surface area contributed by atoms with Crippen LogP contribution < -0.4 is 5.73 Å². The van der Waals surface area contributed by atoms with Crippen molar-refractivity contribution in [3.05, 3.63) is 22.1 Å². The van der Waals surface area contributed by atoms with Crippen molar-refractivity contribution in [2.45, 2.75) is 32.4 Å². The molecule has 19 heavy (non-hydrogen) atoms. The zero-order valence-electron chi connectivity index (χ0n) is 10.8. The summed E-state index contributed by atoms with van der Waals surface area (Å²) in [5.74, 6) is 0.161. The largest absolute Gasteiger partial charge is 0.381 e. The van der Waals surface area contributed by atoms with Gasteiger partial charge in [-0.25, -0.2) is 0 Å². The topological polar surface area (TPSA) is 107 Å². The zero-order chi connectivity index (χ0) is 14.0. The molecule has 0 aromatic carbocycles. The predicted octanol–water partition coefficient (Wildman–Crippen LogP) is 0.0494. The molecule has 1 aromatic rings. The molecule has 2 N–H and O–H groups in total. The maximum Gasteiger partial charge on any atom is 0.381 e. The molecular formula is C11H17N5O3. The summed E-state index contributed by atoms with van der Waals surface area (Å²) in [7, 11) is 0. The molecule has 0 radical (unpaired) electrons. The van der Waals surface area contributed by atoms with Crippen molar-refractivity contribution in [2.75, 3.05) is 13.1 Å². The molecule has 8 heteroatoms. The highest BCUT2D eigenvalue weighted by molar-refractivity contribution is 5.76. The minimum absolute atomic E-state index is 0.0663. The zero-order valence-corrected chi connectivity index (χ0v) is 10.8. The van der Waals surface area contributed by atoms with E-state index in [-0.39, 0.29) is 24.3 Å². The van der Waals surface area contributed by atoms with Gasteiger partial charge in [0.1, 0.15) is 12.7 Å². The van der Waals surface area contributed by atoms with Crippen molar-refractivity contribution in [2.24, 2.45) is 5.73 Å². The number of carbonyl (C=O) groups is 1. The number of imidazole rings is 1. The number of hydrogen-bond acceptors (Lipinski definition) is 5. The molecule has 2 rings (SSSR count). The number of likely N-dealkylation sites (tertiary alicyclic amines) is 1. The Kier molecular flexibility index (Phi) is 3.79. The van der Waals surface area contributed by atoms with Gasteiger partial charge in [0.25, 0.3) is 0 Å². The Morgan fingerprint density at radius 2 is 2.42 bits per heavy atom. The van der Waals surface area contributed by atoms with Crippen molar-refractivity contribution in [3.63, 3.8) is 0 Å². The van der Waals surface area contributed by atoms with Gasteiger partial charge >= 0.3 is 5.82 Å². The number of aryl methyl sites for hydroxylation is 1. The number of aromatic nitrogens is 2. The van der Waals surface area contributed by atoms with Crippen LogP contribution in [-0.2, 0) is 11.3 Å². The maximum atomic E-state index is 12.2. The van der Waals surface area contributed by atoms with Crippen molar-refractivity contribution in [1.82, 2.24) is 14.5 Å². The van der Waals surface area contributed by atoms with E-state index in [4.69, 9.17) is 5.73 Å². The third-order valence-electron chi connectivity index (χ3n) is 3.43. The Morgan fingerprint density at radius 3 is 3.00 bits per heavy atom. The fourth-order valence-corrected chi connectivity index (χ4v) is 2.39. The summed E-state index contributed by atoms with van der Waals surface area (Å²) >= 11 is 0. The first-order valence-electron chi connectivity index (χ1n) is 6.20. The lowest BCUT2D eigenvalue weighted by atomic mass is 10.2. The van der Waals surface area contributed by atoms with E-state index >= 15 is 0 Å². The lowest BCUT2D eigenvalue weighted by Gasteiger charge is -2.23. The van der Waals surface area contributed by atoms with Crippen LogP contribution in [0.2, 0.25) is 0 Å². The summed E-state index contributed by atoms with van der Waals surface area (Å²) in [6, 6.07) is 0.0892. The van der Waals surface area contributed by atoms with Gasteiger partial charge in [-0.15, -0.1) is 0 Å². The average molecular weight is 267 g/mol. The van der Waals surface area contributed by atoms with Crippen LogP contribution in [0.3, 0.4) is 0 Å². The van der Waals surface area contributed by atoms with E-state index in [2.05, 4.69) is 4.98 Å². The first-order chi connectivity index (χ1) is 9.02. The van der Waals surface area contributed by atoms with Crippen LogP contribution in [0.5, 0.6) is 0 Å². The van der Waals surface area contributed by atoms with Crippen LogP contribution in [0, 0.1) is 17.0 Å². The van der Waals surface area contributed by atoms with E-state index in [0.717, 1.165) is 12.8 Å². The second-order valence-electron chi connectivity index (χ2n) is 4.65. The van der Waals surface area contributed by atoms with Gasteiger partial charge in [0.2, 0.25) is 11.7 Å². The standard InChI is InChI=1S/C11H17N5O3/c1-8-13-10(16(18)19)6-14(8)7-11(17)15-4-2-3-9(15)5-12/h6,9H,2-5,7,12H2,1H3. The van der Waals surface area contributed by atoms with Crippen LogP contribution in [0.4, 0.5) is 5.82 Å². The summed E-state index contributed by atoms with van der Waals surface area (Å²) < 4.78 is 1.51. The number of hydrogen-bond donors (Lipinski definition) is 1. The lowest BCUT2D eigenvalue weighted by Crippen LogP contribution is -2.41. The fraction of sp³-hybridized carbons (Fsp3) is 0.636. The second kappa shape index (κ2) is 5.35. The quantitative estimate of drug-likeness (QED) is 0.612. The Morgan fingerprint density at radius 1 is 1.68 bits per heavy atom. The van der Waals surface area contributed by atoms with E-state index in [9.17, 15) is 14.9 Å². The summed E-state index contributed by atoms with van der Waals surface area (Å²) in [6.07, 6.45) is 3.17. The molecular weight excluding hydrogens is 250 g/mol. The van der Waals surface area contributed by atoms with E-state index in [1.54, 1.807) is 11.8 Å². The van der Waals surface area contributed by atoms with E-state index in [1.165, 1.54) is 10.8 Å². The molecule has 104 valence electrons. The minimum Gasteiger partial charge on any atom is -0.358 e. The summed E-state index contributed by atoms with van der Waals surface area (Å²) in [4.78, 5) is 27.8. The van der Waals surface area contributed by atoms with Crippen LogP contribution in [0.1, 0.15) is 18.7 Å². The Labute approximate surface area is 110 Å². The highest BCUT2D eigenvalue weighted by Crippen LogP contribution is 2.17. The highest BCUT2D eigenvalue weighted by atomic mass is 16.6. The third kappa shape index (κ3) is 2.73. The molecule has 1 fully saturated rings. The van der Waals surface area contributed by atoms with Crippen LogP contribution in [0.15, 0.2) is 6.20 Å². The van der Waals surface area contributed by atoms with Crippen LogP contribution in [-0.4, -0.2) is 44.4 Å². The molecule has 8 nitrogen and oxygen atoms in total. The van der Waals surface area contributed by atoms with Crippen molar-refractivity contribution >= 4 is 11.7 Å². The van der Waals surface area contributed by atoms with E-state index in [0.29, 0.717) is 18.9 Å². The first-order valence-corrected chi connectivity index (χ1v) is 6.20. The number of amides is 1. The molecule has 0 saturated carbocycles. The van der Waals surface area contributed by atoms with Crippen LogP contribution in [0.25, 0.3) is 0 Å². The SMILES string of the molecule is Cc1nc([N+](=O)[O-])cn1CC(=O)N1CCCC1CN. The van der Waals surface area contributed by atoms with Crippen molar-refractivity contribution in [1.29, 1.82) is 0 Å². The molecule has 0 bridgehead atoms. The van der Waals surface area contributed by atoms with Gasteiger partial charge in [-0.1, -0.05) is 0 Å². The Balaban J connectivity index is 2.08. The molecule has 1 aromatic heterocycles. The van der Waals surface area contributed by atoms with Crippen LogP contribution >= 0.6 is 0 Å². The second-order valence-corrected chi connectivity index (χ2v) is 4.65. The van der Waals surface area contributed by atoms with Gasteiger partial charge in [0.05, 0.1) is 0 Å².